The maximum Gasteiger partial charge on any atom is 0.332 e. The molecule has 0 radical (unpaired) electrons. The van der Waals surface area contributed by atoms with E-state index < -0.39 is 17.1 Å². The summed E-state index contributed by atoms with van der Waals surface area (Å²) in [4.78, 5) is 30.2. The normalized spacial score (nSPS) is 11.5. The van der Waals surface area contributed by atoms with E-state index in [1.54, 1.807) is 24.4 Å². The second-order valence-corrected chi connectivity index (χ2v) is 6.72. The Hall–Kier alpha value is -3.94. The fourth-order valence-corrected chi connectivity index (χ4v) is 3.43. The molecule has 2 aromatic carbocycles. The Bertz CT molecular complexity index is 1490. The Morgan fingerprint density at radius 3 is 2.52 bits per heavy atom. The summed E-state index contributed by atoms with van der Waals surface area (Å²) in [6.07, 6.45) is 1.67. The first-order chi connectivity index (χ1) is 14.0. The summed E-state index contributed by atoms with van der Waals surface area (Å²) < 4.78 is 23.7. The summed E-state index contributed by atoms with van der Waals surface area (Å²) in [5.41, 5.74) is 0.369. The molecule has 0 aliphatic heterocycles. The van der Waals surface area contributed by atoms with Crippen LogP contribution in [0, 0.1) is 5.82 Å². The minimum Gasteiger partial charge on any atom is -0.423 e. The van der Waals surface area contributed by atoms with Crippen LogP contribution in [0.4, 0.5) is 4.39 Å². The van der Waals surface area contributed by atoms with E-state index in [4.69, 9.17) is 4.42 Å². The molecule has 8 heteroatoms. The first kappa shape index (κ1) is 17.2. The SMILES string of the molecule is Cn1c(=O)n(Cc2ccccc2F)c(=O)c2c1nc1oc(-c3ccccc3)cn12. The lowest BCUT2D eigenvalue weighted by Crippen LogP contribution is -2.39. The topological polar surface area (TPSA) is 74.4 Å². The lowest BCUT2D eigenvalue weighted by Gasteiger charge is -2.08. The van der Waals surface area contributed by atoms with Crippen LogP contribution in [0.1, 0.15) is 5.56 Å². The first-order valence-electron chi connectivity index (χ1n) is 8.95. The standard InChI is InChI=1S/C21H15FN4O3/c1-24-18-17(19(27)26(21(24)28)11-14-9-5-6-10-15(14)22)25-12-16(29-20(25)23-18)13-7-3-2-4-8-13/h2-10,12H,11H2,1H3. The fourth-order valence-electron chi connectivity index (χ4n) is 3.43. The number of oxazole rings is 1. The van der Waals surface area contributed by atoms with Gasteiger partial charge in [-0.3, -0.25) is 18.3 Å². The van der Waals surface area contributed by atoms with E-state index in [1.165, 1.54) is 22.1 Å². The molecule has 0 fully saturated rings. The molecule has 5 rings (SSSR count). The molecular weight excluding hydrogens is 375 g/mol. The van der Waals surface area contributed by atoms with E-state index in [0.29, 0.717) is 5.76 Å². The minimum absolute atomic E-state index is 0.176. The van der Waals surface area contributed by atoms with Crippen molar-refractivity contribution in [1.82, 2.24) is 18.5 Å². The van der Waals surface area contributed by atoms with E-state index in [0.717, 1.165) is 10.1 Å². The molecule has 5 aromatic rings. The number of benzene rings is 2. The number of aromatic nitrogens is 4. The maximum atomic E-state index is 14.1. The third-order valence-electron chi connectivity index (χ3n) is 4.94. The van der Waals surface area contributed by atoms with Crippen molar-refractivity contribution in [1.29, 1.82) is 0 Å². The third-order valence-corrected chi connectivity index (χ3v) is 4.94. The molecular formula is C21H15FN4O3. The van der Waals surface area contributed by atoms with Crippen molar-refractivity contribution in [3.63, 3.8) is 0 Å². The number of fused-ring (bicyclic) bond motifs is 3. The van der Waals surface area contributed by atoms with Crippen molar-refractivity contribution in [2.45, 2.75) is 6.54 Å². The number of imidazole rings is 1. The molecule has 0 atom stereocenters. The monoisotopic (exact) mass is 390 g/mol. The van der Waals surface area contributed by atoms with Gasteiger partial charge in [0, 0.05) is 18.2 Å². The van der Waals surface area contributed by atoms with Crippen molar-refractivity contribution in [2.24, 2.45) is 7.05 Å². The number of hydrogen-bond acceptors (Lipinski definition) is 4. The Balaban J connectivity index is 1.76. The lowest BCUT2D eigenvalue weighted by atomic mass is 10.2. The molecule has 0 unspecified atom stereocenters. The van der Waals surface area contributed by atoms with E-state index in [9.17, 15) is 14.0 Å². The fraction of sp³-hybridized carbons (Fsp3) is 0.0952. The second kappa shape index (κ2) is 6.30. The summed E-state index contributed by atoms with van der Waals surface area (Å²) in [6.45, 7) is -0.176. The smallest absolute Gasteiger partial charge is 0.332 e. The molecule has 0 amide bonds. The van der Waals surface area contributed by atoms with Gasteiger partial charge in [0.05, 0.1) is 12.7 Å². The highest BCUT2D eigenvalue weighted by Gasteiger charge is 2.20. The highest BCUT2D eigenvalue weighted by Crippen LogP contribution is 2.24. The van der Waals surface area contributed by atoms with Gasteiger partial charge < -0.3 is 4.42 Å². The largest absolute Gasteiger partial charge is 0.423 e. The van der Waals surface area contributed by atoms with Crippen LogP contribution in [0.15, 0.2) is 74.8 Å². The molecule has 144 valence electrons. The van der Waals surface area contributed by atoms with Crippen LogP contribution >= 0.6 is 0 Å². The molecule has 0 aliphatic rings. The van der Waals surface area contributed by atoms with Crippen LogP contribution in [-0.2, 0) is 13.6 Å². The molecule has 0 N–H and O–H groups in total. The predicted octanol–water partition coefficient (Wildman–Crippen LogP) is 2.80. The maximum absolute atomic E-state index is 14.1. The number of nitrogens with zero attached hydrogens (tertiary/aromatic N) is 4. The summed E-state index contributed by atoms with van der Waals surface area (Å²) >= 11 is 0. The molecule has 29 heavy (non-hydrogen) atoms. The van der Waals surface area contributed by atoms with Gasteiger partial charge in [-0.2, -0.15) is 4.98 Å². The number of halogens is 1. The van der Waals surface area contributed by atoms with Gasteiger partial charge in [-0.05, 0) is 6.07 Å². The summed E-state index contributed by atoms with van der Waals surface area (Å²) in [5.74, 6) is 0.271. The van der Waals surface area contributed by atoms with Crippen LogP contribution < -0.4 is 11.2 Å². The van der Waals surface area contributed by atoms with Crippen molar-refractivity contribution >= 4 is 17.0 Å². The van der Waals surface area contributed by atoms with E-state index in [2.05, 4.69) is 4.98 Å². The Morgan fingerprint density at radius 2 is 1.76 bits per heavy atom. The van der Waals surface area contributed by atoms with Crippen LogP contribution in [0.2, 0.25) is 0 Å². The lowest BCUT2D eigenvalue weighted by molar-refractivity contribution is 0.582. The van der Waals surface area contributed by atoms with Crippen molar-refractivity contribution in [3.05, 3.63) is 93.0 Å². The predicted molar refractivity (Wildman–Crippen MR) is 105 cm³/mol. The summed E-state index contributed by atoms with van der Waals surface area (Å²) in [5, 5.41) is 0. The second-order valence-electron chi connectivity index (χ2n) is 6.72. The van der Waals surface area contributed by atoms with Crippen molar-refractivity contribution < 1.29 is 8.81 Å². The number of aryl methyl sites for hydroxylation is 1. The van der Waals surface area contributed by atoms with Gasteiger partial charge in [0.1, 0.15) is 5.82 Å². The average Bonchev–Trinajstić information content (AvgIpc) is 3.30. The molecule has 3 aromatic heterocycles. The first-order valence-corrected chi connectivity index (χ1v) is 8.95. The zero-order chi connectivity index (χ0) is 20.1. The zero-order valence-electron chi connectivity index (χ0n) is 15.4. The number of rotatable bonds is 3. The third kappa shape index (κ3) is 2.60. The molecule has 0 saturated heterocycles. The molecule has 0 aliphatic carbocycles. The molecule has 0 spiro atoms. The van der Waals surface area contributed by atoms with Crippen LogP contribution in [0.5, 0.6) is 0 Å². The van der Waals surface area contributed by atoms with E-state index in [-0.39, 0.29) is 29.1 Å². The van der Waals surface area contributed by atoms with Gasteiger partial charge in [-0.15, -0.1) is 0 Å². The van der Waals surface area contributed by atoms with E-state index >= 15 is 0 Å². The van der Waals surface area contributed by atoms with Crippen LogP contribution in [0.25, 0.3) is 28.3 Å². The Kier molecular flexibility index (Phi) is 3.73. The van der Waals surface area contributed by atoms with Crippen LogP contribution in [0.3, 0.4) is 0 Å². The van der Waals surface area contributed by atoms with Gasteiger partial charge in [-0.1, -0.05) is 48.5 Å². The Labute approximate surface area is 162 Å². The molecule has 0 saturated carbocycles. The minimum atomic E-state index is -0.574. The van der Waals surface area contributed by atoms with Gasteiger partial charge in [-0.25, -0.2) is 9.18 Å². The molecule has 3 heterocycles. The van der Waals surface area contributed by atoms with Gasteiger partial charge >= 0.3 is 11.5 Å². The van der Waals surface area contributed by atoms with E-state index in [1.807, 2.05) is 30.3 Å². The van der Waals surface area contributed by atoms with Crippen molar-refractivity contribution in [3.8, 4) is 11.3 Å². The van der Waals surface area contributed by atoms with Gasteiger partial charge in [0.15, 0.2) is 16.9 Å². The van der Waals surface area contributed by atoms with Crippen molar-refractivity contribution in [2.75, 3.05) is 0 Å². The number of hydrogen-bond donors (Lipinski definition) is 0. The average molecular weight is 390 g/mol. The quantitative estimate of drug-likeness (QED) is 0.475. The highest BCUT2D eigenvalue weighted by molar-refractivity contribution is 5.76. The molecule has 0 bridgehead atoms. The summed E-state index contributed by atoms with van der Waals surface area (Å²) in [7, 11) is 1.52. The zero-order valence-corrected chi connectivity index (χ0v) is 15.4. The van der Waals surface area contributed by atoms with Crippen LogP contribution in [-0.4, -0.2) is 18.5 Å². The molecule has 7 nitrogen and oxygen atoms in total. The highest BCUT2D eigenvalue weighted by atomic mass is 19.1. The summed E-state index contributed by atoms with van der Waals surface area (Å²) in [6, 6.07) is 15.5. The Morgan fingerprint density at radius 1 is 1.03 bits per heavy atom. The van der Waals surface area contributed by atoms with Gasteiger partial charge in [0.25, 0.3) is 5.56 Å². The van der Waals surface area contributed by atoms with Gasteiger partial charge in [0.2, 0.25) is 0 Å².